The van der Waals surface area contributed by atoms with Crippen molar-refractivity contribution in [3.05, 3.63) is 243 Å². The van der Waals surface area contributed by atoms with E-state index in [1.54, 1.807) is 0 Å². The first kappa shape index (κ1) is 39.5. The molecule has 0 amide bonds. The summed E-state index contributed by atoms with van der Waals surface area (Å²) >= 11 is 0. The van der Waals surface area contributed by atoms with Crippen LogP contribution in [0.25, 0.3) is 123 Å². The lowest BCUT2D eigenvalue weighted by Gasteiger charge is -2.12. The van der Waals surface area contributed by atoms with Gasteiger partial charge in [-0.05, 0) is 75.3 Å². The van der Waals surface area contributed by atoms with Crippen molar-refractivity contribution in [3.63, 3.8) is 0 Å². The van der Waals surface area contributed by atoms with Gasteiger partial charge in [-0.2, -0.15) is 0 Å². The zero-order chi connectivity index (χ0) is 44.5. The molecule has 0 N–H and O–H groups in total. The van der Waals surface area contributed by atoms with E-state index in [1.807, 2.05) is 48.5 Å². The molecule has 0 saturated heterocycles. The Morgan fingerprint density at radius 1 is 0.269 bits per heavy atom. The van der Waals surface area contributed by atoms with Gasteiger partial charge in [-0.15, -0.1) is 0 Å². The molecule has 0 aliphatic carbocycles. The van der Waals surface area contributed by atoms with Crippen molar-refractivity contribution in [3.8, 4) is 101 Å². The molecule has 0 saturated carbocycles. The van der Waals surface area contributed by atoms with Crippen molar-refractivity contribution in [1.82, 2.24) is 19.9 Å². The third-order valence-corrected chi connectivity index (χ3v) is 12.3. The lowest BCUT2D eigenvalue weighted by molar-refractivity contribution is 0.636. The minimum atomic E-state index is 0.582. The quantitative estimate of drug-likeness (QED) is 0.145. The van der Waals surface area contributed by atoms with Crippen LogP contribution < -0.4 is 0 Å². The third kappa shape index (κ3) is 7.64. The molecule has 314 valence electrons. The second kappa shape index (κ2) is 17.1. The standard InChI is InChI=1S/C62H40N4O/c1-6-19-41(20-7-1)48-29-18-30-49(37-48)62-65-60(46-27-14-5-15-28-46)64-61(66-62)47-35-33-44(34-36-47)55-56-57(45-25-12-4-13-26-45)63-54-32-17-16-31-53(54)59(56)67-58(55)52-39-50(42-21-8-2-9-22-42)38-51(40-52)43-23-10-3-11-24-43/h1-40H. The van der Waals surface area contributed by atoms with Gasteiger partial charge in [0.05, 0.1) is 16.6 Å². The maximum absolute atomic E-state index is 7.31. The molecule has 5 heteroatoms. The molecule has 0 aliphatic rings. The number of hydrogen-bond donors (Lipinski definition) is 0. The van der Waals surface area contributed by atoms with E-state index < -0.39 is 0 Å². The summed E-state index contributed by atoms with van der Waals surface area (Å²) in [4.78, 5) is 20.7. The van der Waals surface area contributed by atoms with E-state index in [9.17, 15) is 0 Å². The second-order valence-electron chi connectivity index (χ2n) is 16.6. The Morgan fingerprint density at radius 2 is 0.672 bits per heavy atom. The largest absolute Gasteiger partial charge is 0.455 e. The van der Waals surface area contributed by atoms with E-state index in [0.29, 0.717) is 17.5 Å². The molecule has 5 nitrogen and oxygen atoms in total. The minimum Gasteiger partial charge on any atom is -0.455 e. The summed E-state index contributed by atoms with van der Waals surface area (Å²) in [5.74, 6) is 2.56. The van der Waals surface area contributed by atoms with Gasteiger partial charge in [0.1, 0.15) is 11.3 Å². The summed E-state index contributed by atoms with van der Waals surface area (Å²) in [5, 5.41) is 1.90. The number of hydrogen-bond acceptors (Lipinski definition) is 5. The number of nitrogens with zero attached hydrogens (tertiary/aromatic N) is 4. The summed E-state index contributed by atoms with van der Waals surface area (Å²) in [5.41, 5.74) is 15.8. The lowest BCUT2D eigenvalue weighted by Crippen LogP contribution is -2.00. The number of pyridine rings is 1. The van der Waals surface area contributed by atoms with Crippen LogP contribution in [-0.2, 0) is 0 Å². The summed E-state index contributed by atoms with van der Waals surface area (Å²) in [6, 6.07) is 83.9. The fraction of sp³-hybridized carbons (Fsp3) is 0. The fourth-order valence-electron chi connectivity index (χ4n) is 9.03. The molecule has 0 fully saturated rings. The highest BCUT2D eigenvalue weighted by Crippen LogP contribution is 2.48. The van der Waals surface area contributed by atoms with Crippen molar-refractivity contribution in [2.75, 3.05) is 0 Å². The van der Waals surface area contributed by atoms with Gasteiger partial charge in [0.2, 0.25) is 0 Å². The highest BCUT2D eigenvalue weighted by molar-refractivity contribution is 6.17. The maximum Gasteiger partial charge on any atom is 0.164 e. The summed E-state index contributed by atoms with van der Waals surface area (Å²) in [7, 11) is 0. The Labute approximate surface area is 388 Å². The van der Waals surface area contributed by atoms with E-state index in [4.69, 9.17) is 24.4 Å². The van der Waals surface area contributed by atoms with Crippen molar-refractivity contribution in [1.29, 1.82) is 0 Å². The monoisotopic (exact) mass is 856 g/mol. The van der Waals surface area contributed by atoms with Crippen LogP contribution in [0.15, 0.2) is 247 Å². The molecular formula is C62H40N4O. The molecule has 0 spiro atoms. The normalized spacial score (nSPS) is 11.3. The van der Waals surface area contributed by atoms with Crippen molar-refractivity contribution < 1.29 is 4.42 Å². The Balaban J connectivity index is 1.07. The minimum absolute atomic E-state index is 0.582. The molecule has 0 unspecified atom stereocenters. The first-order valence-electron chi connectivity index (χ1n) is 22.5. The van der Waals surface area contributed by atoms with Gasteiger partial charge in [0.15, 0.2) is 17.5 Å². The number of furan rings is 1. The van der Waals surface area contributed by atoms with Crippen LogP contribution in [0.3, 0.4) is 0 Å². The first-order valence-corrected chi connectivity index (χ1v) is 22.5. The van der Waals surface area contributed by atoms with Crippen LogP contribution in [0.4, 0.5) is 0 Å². The number of rotatable bonds is 9. The average molecular weight is 857 g/mol. The highest BCUT2D eigenvalue weighted by Gasteiger charge is 2.25. The van der Waals surface area contributed by atoms with Gasteiger partial charge in [-0.25, -0.2) is 19.9 Å². The van der Waals surface area contributed by atoms with Crippen LogP contribution in [-0.4, -0.2) is 19.9 Å². The molecule has 3 aromatic heterocycles. The van der Waals surface area contributed by atoms with Crippen molar-refractivity contribution in [2.24, 2.45) is 0 Å². The van der Waals surface area contributed by atoms with Crippen LogP contribution in [0.1, 0.15) is 0 Å². The molecule has 0 radical (unpaired) electrons. The van der Waals surface area contributed by atoms with Gasteiger partial charge in [0, 0.05) is 38.8 Å². The smallest absolute Gasteiger partial charge is 0.164 e. The van der Waals surface area contributed by atoms with E-state index in [1.165, 1.54) is 0 Å². The van der Waals surface area contributed by atoms with Crippen molar-refractivity contribution in [2.45, 2.75) is 0 Å². The van der Waals surface area contributed by atoms with E-state index in [0.717, 1.165) is 106 Å². The number of fused-ring (bicyclic) bond motifs is 3. The van der Waals surface area contributed by atoms with Crippen LogP contribution in [0.5, 0.6) is 0 Å². The van der Waals surface area contributed by atoms with Gasteiger partial charge < -0.3 is 4.42 Å². The van der Waals surface area contributed by atoms with E-state index in [-0.39, 0.29) is 0 Å². The molecule has 12 aromatic rings. The Morgan fingerprint density at radius 3 is 1.25 bits per heavy atom. The molecule has 0 bridgehead atoms. The van der Waals surface area contributed by atoms with E-state index >= 15 is 0 Å². The Kier molecular flexibility index (Phi) is 10.1. The Bertz CT molecular complexity index is 3650. The van der Waals surface area contributed by atoms with Crippen LogP contribution >= 0.6 is 0 Å². The maximum atomic E-state index is 7.31. The second-order valence-corrected chi connectivity index (χ2v) is 16.6. The van der Waals surface area contributed by atoms with Gasteiger partial charge in [-0.1, -0.05) is 206 Å². The zero-order valence-electron chi connectivity index (χ0n) is 36.3. The molecule has 0 atom stereocenters. The highest BCUT2D eigenvalue weighted by atomic mass is 16.3. The van der Waals surface area contributed by atoms with Crippen LogP contribution in [0.2, 0.25) is 0 Å². The zero-order valence-corrected chi connectivity index (χ0v) is 36.3. The molecule has 12 rings (SSSR count). The van der Waals surface area contributed by atoms with Gasteiger partial charge in [-0.3, -0.25) is 0 Å². The molecule has 0 aliphatic heterocycles. The van der Waals surface area contributed by atoms with Crippen molar-refractivity contribution >= 4 is 21.9 Å². The third-order valence-electron chi connectivity index (χ3n) is 12.3. The summed E-state index contributed by atoms with van der Waals surface area (Å²) in [6.07, 6.45) is 0. The predicted octanol–water partition coefficient (Wildman–Crippen LogP) is 16.2. The predicted molar refractivity (Wildman–Crippen MR) is 274 cm³/mol. The van der Waals surface area contributed by atoms with Gasteiger partial charge in [0.25, 0.3) is 0 Å². The SMILES string of the molecule is c1ccc(-c2cccc(-c3nc(-c4ccccc4)nc(-c4ccc(-c5c(-c6cc(-c7ccccc7)cc(-c7ccccc7)c6)oc6c5c(-c5ccccc5)nc5ccccc56)cc4)n3)c2)cc1. The molecular weight excluding hydrogens is 817 g/mol. The summed E-state index contributed by atoms with van der Waals surface area (Å²) in [6.45, 7) is 0. The van der Waals surface area contributed by atoms with Gasteiger partial charge >= 0.3 is 0 Å². The molecule has 9 aromatic carbocycles. The average Bonchev–Trinajstić information content (AvgIpc) is 3.83. The van der Waals surface area contributed by atoms with Crippen LogP contribution in [0, 0.1) is 0 Å². The molecule has 3 heterocycles. The number of benzene rings is 9. The Hall–Kier alpha value is -9.06. The fourth-order valence-corrected chi connectivity index (χ4v) is 9.03. The molecule has 67 heavy (non-hydrogen) atoms. The number of para-hydroxylation sites is 1. The van der Waals surface area contributed by atoms with E-state index in [2.05, 4.69) is 194 Å². The number of aromatic nitrogens is 4. The topological polar surface area (TPSA) is 64.7 Å². The lowest BCUT2D eigenvalue weighted by atomic mass is 9.91. The summed E-state index contributed by atoms with van der Waals surface area (Å²) < 4.78 is 7.31. The first-order chi connectivity index (χ1) is 33.2.